The Hall–Kier alpha value is -2.49. The summed E-state index contributed by atoms with van der Waals surface area (Å²) in [6, 6.07) is 15.6. The Morgan fingerprint density at radius 2 is 1.55 bits per heavy atom. The minimum atomic E-state index is -4.24. The highest BCUT2D eigenvalue weighted by molar-refractivity contribution is 7.92. The van der Waals surface area contributed by atoms with Crippen LogP contribution < -0.4 is 9.62 Å². The largest absolute Gasteiger partial charge is 0.352 e. The molecular weight excluding hydrogens is 616 g/mol. The summed E-state index contributed by atoms with van der Waals surface area (Å²) in [5.41, 5.74) is 0.804. The molecule has 0 spiro atoms. The van der Waals surface area contributed by atoms with Crippen LogP contribution in [0, 0.1) is 0 Å². The fourth-order valence-electron chi connectivity index (χ4n) is 4.03. The Morgan fingerprint density at radius 3 is 2.12 bits per heavy atom. The summed E-state index contributed by atoms with van der Waals surface area (Å²) in [6.07, 6.45) is 0.284. The van der Waals surface area contributed by atoms with Crippen LogP contribution in [0.15, 0.2) is 71.6 Å². The lowest BCUT2D eigenvalue weighted by Crippen LogP contribution is -2.53. The zero-order chi connectivity index (χ0) is 29.6. The topological polar surface area (TPSA) is 86.8 Å². The number of nitrogens with one attached hydrogen (secondary N) is 1. The average molecular weight is 645 g/mol. The Bertz CT molecular complexity index is 1470. The highest BCUT2D eigenvalue weighted by atomic mass is 35.5. The van der Waals surface area contributed by atoms with Crippen molar-refractivity contribution in [3.63, 3.8) is 0 Å². The van der Waals surface area contributed by atoms with E-state index in [1.54, 1.807) is 43.3 Å². The van der Waals surface area contributed by atoms with Gasteiger partial charge in [-0.2, -0.15) is 0 Å². The molecule has 0 aliphatic rings. The predicted molar refractivity (Wildman–Crippen MR) is 162 cm³/mol. The first-order valence-corrected chi connectivity index (χ1v) is 15.4. The van der Waals surface area contributed by atoms with E-state index >= 15 is 0 Å². The first-order valence-electron chi connectivity index (χ1n) is 12.4. The Labute approximate surface area is 255 Å². The zero-order valence-electron chi connectivity index (χ0n) is 22.1. The van der Waals surface area contributed by atoms with Crippen molar-refractivity contribution in [2.75, 3.05) is 10.8 Å². The van der Waals surface area contributed by atoms with Gasteiger partial charge in [0.25, 0.3) is 10.0 Å². The van der Waals surface area contributed by atoms with Gasteiger partial charge in [-0.15, -0.1) is 0 Å². The van der Waals surface area contributed by atoms with Gasteiger partial charge in [0.1, 0.15) is 12.6 Å². The van der Waals surface area contributed by atoms with E-state index in [1.807, 2.05) is 13.8 Å². The summed E-state index contributed by atoms with van der Waals surface area (Å²) in [5, 5.41) is 4.13. The number of amides is 2. The summed E-state index contributed by atoms with van der Waals surface area (Å²) in [4.78, 5) is 28.5. The summed E-state index contributed by atoms with van der Waals surface area (Å²) in [7, 11) is -4.24. The molecule has 2 amide bonds. The van der Waals surface area contributed by atoms with Crippen molar-refractivity contribution >= 4 is 73.9 Å². The van der Waals surface area contributed by atoms with Crippen LogP contribution in [0.2, 0.25) is 20.1 Å². The van der Waals surface area contributed by atoms with Gasteiger partial charge >= 0.3 is 0 Å². The molecule has 0 radical (unpaired) electrons. The summed E-state index contributed by atoms with van der Waals surface area (Å²) in [6.45, 7) is 4.80. The van der Waals surface area contributed by atoms with Crippen LogP contribution in [-0.4, -0.2) is 43.8 Å². The maximum atomic E-state index is 14.0. The van der Waals surface area contributed by atoms with Gasteiger partial charge in [-0.05, 0) is 80.4 Å². The van der Waals surface area contributed by atoms with Crippen LogP contribution in [0.4, 0.5) is 5.69 Å². The van der Waals surface area contributed by atoms with Crippen molar-refractivity contribution in [1.29, 1.82) is 0 Å². The van der Waals surface area contributed by atoms with Gasteiger partial charge < -0.3 is 10.2 Å². The number of nitrogens with zero attached hydrogens (tertiary/aromatic N) is 2. The number of hydrogen-bond acceptors (Lipinski definition) is 4. The molecule has 12 heteroatoms. The highest BCUT2D eigenvalue weighted by Gasteiger charge is 2.34. The van der Waals surface area contributed by atoms with Gasteiger partial charge in [-0.3, -0.25) is 13.9 Å². The molecule has 1 atom stereocenters. The van der Waals surface area contributed by atoms with E-state index in [0.29, 0.717) is 15.6 Å². The average Bonchev–Trinajstić information content (AvgIpc) is 2.88. The molecule has 3 aromatic rings. The lowest BCUT2D eigenvalue weighted by atomic mass is 10.1. The standard InChI is InChI=1S/C28H29Cl4N3O4S/c1-4-26(28(37)33-18(2)3)34(16-19-8-13-24(31)25(32)14-19)27(36)17-35(22-7-5-6-21(30)15-22)40(38,39)23-11-9-20(29)10-12-23/h5-15,18,26H,4,16-17H2,1-3H3,(H,33,37)/t26-/m0/s1. The van der Waals surface area contributed by atoms with E-state index in [1.165, 1.54) is 35.2 Å². The molecule has 3 rings (SSSR count). The summed E-state index contributed by atoms with van der Waals surface area (Å²) >= 11 is 24.5. The zero-order valence-corrected chi connectivity index (χ0v) is 25.9. The van der Waals surface area contributed by atoms with Crippen molar-refractivity contribution in [1.82, 2.24) is 10.2 Å². The first kappa shape index (κ1) is 32.0. The first-order chi connectivity index (χ1) is 18.8. The van der Waals surface area contributed by atoms with Crippen molar-refractivity contribution in [3.8, 4) is 0 Å². The van der Waals surface area contributed by atoms with Crippen LogP contribution in [-0.2, 0) is 26.2 Å². The quantitative estimate of drug-likeness (QED) is 0.248. The molecule has 214 valence electrons. The van der Waals surface area contributed by atoms with E-state index in [9.17, 15) is 18.0 Å². The third kappa shape index (κ3) is 8.04. The van der Waals surface area contributed by atoms with E-state index in [0.717, 1.165) is 4.31 Å². The summed E-state index contributed by atoms with van der Waals surface area (Å²) in [5.74, 6) is -0.963. The van der Waals surface area contributed by atoms with Gasteiger partial charge in [0, 0.05) is 22.6 Å². The second-order valence-electron chi connectivity index (χ2n) is 9.30. The molecule has 0 fully saturated rings. The Morgan fingerprint density at radius 1 is 0.875 bits per heavy atom. The van der Waals surface area contributed by atoms with E-state index in [-0.39, 0.29) is 45.5 Å². The van der Waals surface area contributed by atoms with Crippen molar-refractivity contribution in [2.24, 2.45) is 0 Å². The predicted octanol–water partition coefficient (Wildman–Crippen LogP) is 6.83. The number of anilines is 1. The monoisotopic (exact) mass is 643 g/mol. The number of sulfonamides is 1. The van der Waals surface area contributed by atoms with Crippen molar-refractivity contribution < 1.29 is 18.0 Å². The van der Waals surface area contributed by atoms with Gasteiger partial charge in [0.2, 0.25) is 11.8 Å². The number of halogens is 4. The number of carbonyl (C=O) groups excluding carboxylic acids is 2. The van der Waals surface area contributed by atoms with Gasteiger partial charge in [0.15, 0.2) is 0 Å². The van der Waals surface area contributed by atoms with Gasteiger partial charge in [-0.25, -0.2) is 8.42 Å². The molecular formula is C28H29Cl4N3O4S. The Kier molecular flexibility index (Phi) is 11.1. The van der Waals surface area contributed by atoms with Crippen LogP contribution >= 0.6 is 46.4 Å². The minimum absolute atomic E-state index is 0.00980. The fraction of sp³-hybridized carbons (Fsp3) is 0.286. The van der Waals surface area contributed by atoms with Crippen molar-refractivity contribution in [3.05, 3.63) is 92.4 Å². The van der Waals surface area contributed by atoms with E-state index in [2.05, 4.69) is 5.32 Å². The lowest BCUT2D eigenvalue weighted by molar-refractivity contribution is -0.140. The normalized spacial score (nSPS) is 12.2. The van der Waals surface area contributed by atoms with Crippen LogP contribution in [0.1, 0.15) is 32.8 Å². The smallest absolute Gasteiger partial charge is 0.264 e. The van der Waals surface area contributed by atoms with Gasteiger partial charge in [0.05, 0.1) is 20.6 Å². The minimum Gasteiger partial charge on any atom is -0.352 e. The van der Waals surface area contributed by atoms with Crippen LogP contribution in [0.25, 0.3) is 0 Å². The fourth-order valence-corrected chi connectivity index (χ4v) is 6.07. The molecule has 0 aliphatic carbocycles. The molecule has 0 saturated heterocycles. The number of hydrogen-bond donors (Lipinski definition) is 1. The molecule has 40 heavy (non-hydrogen) atoms. The number of benzene rings is 3. The Balaban J connectivity index is 2.08. The molecule has 0 aliphatic heterocycles. The molecule has 7 nitrogen and oxygen atoms in total. The maximum Gasteiger partial charge on any atom is 0.264 e. The molecule has 0 saturated carbocycles. The molecule has 0 unspecified atom stereocenters. The third-order valence-electron chi connectivity index (χ3n) is 5.93. The molecule has 3 aromatic carbocycles. The second-order valence-corrected chi connectivity index (χ2v) is 12.9. The van der Waals surface area contributed by atoms with Gasteiger partial charge in [-0.1, -0.05) is 65.5 Å². The third-order valence-corrected chi connectivity index (χ3v) is 8.94. The second kappa shape index (κ2) is 13.9. The van der Waals surface area contributed by atoms with Crippen LogP contribution in [0.3, 0.4) is 0 Å². The van der Waals surface area contributed by atoms with Crippen molar-refractivity contribution in [2.45, 2.75) is 50.7 Å². The SMILES string of the molecule is CC[C@@H](C(=O)NC(C)C)N(Cc1ccc(Cl)c(Cl)c1)C(=O)CN(c1cccc(Cl)c1)S(=O)(=O)c1ccc(Cl)cc1. The summed E-state index contributed by atoms with van der Waals surface area (Å²) < 4.78 is 28.6. The highest BCUT2D eigenvalue weighted by Crippen LogP contribution is 2.28. The maximum absolute atomic E-state index is 14.0. The molecule has 0 bridgehead atoms. The number of rotatable bonds is 11. The number of carbonyl (C=O) groups is 2. The van der Waals surface area contributed by atoms with E-state index in [4.69, 9.17) is 46.4 Å². The van der Waals surface area contributed by atoms with E-state index < -0.39 is 28.5 Å². The molecule has 0 aromatic heterocycles. The van der Waals surface area contributed by atoms with Crippen LogP contribution in [0.5, 0.6) is 0 Å². The molecule has 0 heterocycles. The lowest BCUT2D eigenvalue weighted by Gasteiger charge is -2.33. The molecule has 1 N–H and O–H groups in total.